The fraction of sp³-hybridized carbons (Fsp3) is 0. The maximum absolute atomic E-state index is 12.7. The molecule has 0 unspecified atom stereocenters. The lowest BCUT2D eigenvalue weighted by Crippen LogP contribution is -2.20. The van der Waals surface area contributed by atoms with Crippen LogP contribution in [0, 0.1) is 10.1 Å². The first-order valence-corrected chi connectivity index (χ1v) is 9.68. The number of rotatable bonds is 5. The molecule has 4 aromatic rings. The Labute approximate surface area is 174 Å². The van der Waals surface area contributed by atoms with Crippen molar-refractivity contribution in [2.24, 2.45) is 0 Å². The number of nitro benzene ring substituents is 1. The van der Waals surface area contributed by atoms with Crippen molar-refractivity contribution in [1.82, 2.24) is 0 Å². The monoisotopic (exact) mass is 418 g/mol. The van der Waals surface area contributed by atoms with E-state index < -0.39 is 16.5 Å². The van der Waals surface area contributed by atoms with Gasteiger partial charge in [-0.05, 0) is 30.3 Å². The average molecular weight is 418 g/mol. The number of non-ortho nitro benzene ring substituents is 1. The number of benzene rings is 3. The van der Waals surface area contributed by atoms with Crippen molar-refractivity contribution in [3.63, 3.8) is 0 Å². The Kier molecular flexibility index (Phi) is 5.32. The summed E-state index contributed by atoms with van der Waals surface area (Å²) >= 11 is 1.33. The van der Waals surface area contributed by atoms with Crippen molar-refractivity contribution in [3.05, 3.63) is 105 Å². The third-order valence-electron chi connectivity index (χ3n) is 4.22. The molecule has 0 radical (unpaired) electrons. The molecule has 1 amide bonds. The summed E-state index contributed by atoms with van der Waals surface area (Å²) in [5.41, 5.74) is -0.555. The maximum Gasteiger partial charge on any atom is 0.349 e. The molecule has 0 aliphatic heterocycles. The summed E-state index contributed by atoms with van der Waals surface area (Å²) < 4.78 is 5.19. The van der Waals surface area contributed by atoms with E-state index in [4.69, 9.17) is 4.42 Å². The number of para-hydroxylation sites is 1. The van der Waals surface area contributed by atoms with Gasteiger partial charge in [0, 0.05) is 33.0 Å². The molecule has 8 heteroatoms. The van der Waals surface area contributed by atoms with Crippen LogP contribution in [0.1, 0.15) is 10.4 Å². The molecule has 0 spiro atoms. The normalized spacial score (nSPS) is 10.7. The zero-order valence-corrected chi connectivity index (χ0v) is 16.2. The molecule has 30 heavy (non-hydrogen) atoms. The van der Waals surface area contributed by atoms with Crippen molar-refractivity contribution in [2.45, 2.75) is 9.79 Å². The van der Waals surface area contributed by atoms with Crippen LogP contribution in [0.15, 0.2) is 97.9 Å². The van der Waals surface area contributed by atoms with E-state index in [2.05, 4.69) is 5.32 Å². The first-order valence-electron chi connectivity index (χ1n) is 8.86. The molecule has 0 bridgehead atoms. The van der Waals surface area contributed by atoms with E-state index in [1.807, 2.05) is 30.3 Å². The molecular formula is C22H14N2O5S. The van der Waals surface area contributed by atoms with E-state index in [0.29, 0.717) is 15.9 Å². The molecule has 0 atom stereocenters. The minimum absolute atomic E-state index is 0.170. The number of carbonyl (C=O) groups is 1. The highest BCUT2D eigenvalue weighted by molar-refractivity contribution is 7.99. The van der Waals surface area contributed by atoms with E-state index >= 15 is 0 Å². The van der Waals surface area contributed by atoms with Gasteiger partial charge in [-0.15, -0.1) is 0 Å². The third kappa shape index (κ3) is 4.23. The van der Waals surface area contributed by atoms with Crippen LogP contribution < -0.4 is 10.9 Å². The number of carbonyl (C=O) groups excluding carboxylic acids is 1. The van der Waals surface area contributed by atoms with Gasteiger partial charge >= 0.3 is 5.63 Å². The quantitative estimate of drug-likeness (QED) is 0.275. The molecule has 1 heterocycles. The van der Waals surface area contributed by atoms with Crippen LogP contribution >= 0.6 is 11.8 Å². The van der Waals surface area contributed by atoms with Crippen LogP contribution in [-0.2, 0) is 0 Å². The topological polar surface area (TPSA) is 102 Å². The lowest BCUT2D eigenvalue weighted by atomic mass is 10.1. The largest absolute Gasteiger partial charge is 0.422 e. The van der Waals surface area contributed by atoms with Crippen molar-refractivity contribution in [3.8, 4) is 0 Å². The van der Waals surface area contributed by atoms with Crippen molar-refractivity contribution >= 4 is 40.0 Å². The van der Waals surface area contributed by atoms with E-state index in [1.165, 1.54) is 30.0 Å². The van der Waals surface area contributed by atoms with Gasteiger partial charge in [0.15, 0.2) is 0 Å². The highest BCUT2D eigenvalue weighted by atomic mass is 32.2. The molecule has 0 aliphatic rings. The first-order chi connectivity index (χ1) is 14.5. The van der Waals surface area contributed by atoms with Gasteiger partial charge in [0.1, 0.15) is 11.1 Å². The summed E-state index contributed by atoms with van der Waals surface area (Å²) in [6, 6.07) is 21.9. The lowest BCUT2D eigenvalue weighted by molar-refractivity contribution is -0.385. The molecule has 148 valence electrons. The minimum Gasteiger partial charge on any atom is -0.422 e. The molecule has 0 saturated carbocycles. The van der Waals surface area contributed by atoms with E-state index in [9.17, 15) is 19.7 Å². The molecule has 1 N–H and O–H groups in total. The van der Waals surface area contributed by atoms with E-state index in [-0.39, 0.29) is 16.9 Å². The second-order valence-electron chi connectivity index (χ2n) is 6.33. The average Bonchev–Trinajstić information content (AvgIpc) is 2.73. The van der Waals surface area contributed by atoms with Crippen molar-refractivity contribution in [2.75, 3.05) is 5.32 Å². The van der Waals surface area contributed by atoms with Gasteiger partial charge in [0.2, 0.25) is 0 Å². The second kappa shape index (κ2) is 8.22. The number of anilines is 1. The predicted molar refractivity (Wildman–Crippen MR) is 114 cm³/mol. The molecule has 0 fully saturated rings. The smallest absolute Gasteiger partial charge is 0.349 e. The van der Waals surface area contributed by atoms with Crippen LogP contribution in [0.4, 0.5) is 11.4 Å². The SMILES string of the molecule is O=C(Nc1cc(Sc2ccccc2)cc([N+](=O)[O-])c1)c1cc2ccccc2oc1=O. The summed E-state index contributed by atoms with van der Waals surface area (Å²) in [5, 5.41) is 14.5. The number of fused-ring (bicyclic) bond motifs is 1. The van der Waals surface area contributed by atoms with Crippen molar-refractivity contribution < 1.29 is 14.1 Å². The van der Waals surface area contributed by atoms with Gasteiger partial charge in [-0.2, -0.15) is 0 Å². The summed E-state index contributed by atoms with van der Waals surface area (Å²) in [6.45, 7) is 0. The Morgan fingerprint density at radius 2 is 1.67 bits per heavy atom. The Morgan fingerprint density at radius 3 is 2.43 bits per heavy atom. The number of hydrogen-bond acceptors (Lipinski definition) is 6. The maximum atomic E-state index is 12.7. The molecule has 4 rings (SSSR count). The summed E-state index contributed by atoms with van der Waals surface area (Å²) in [6.07, 6.45) is 0. The second-order valence-corrected chi connectivity index (χ2v) is 7.47. The van der Waals surface area contributed by atoms with Gasteiger partial charge in [0.25, 0.3) is 11.6 Å². The van der Waals surface area contributed by atoms with Crippen LogP contribution in [0.2, 0.25) is 0 Å². The number of nitrogens with one attached hydrogen (secondary N) is 1. The van der Waals surface area contributed by atoms with Crippen LogP contribution in [0.25, 0.3) is 11.0 Å². The summed E-state index contributed by atoms with van der Waals surface area (Å²) in [4.78, 5) is 37.2. The Balaban J connectivity index is 1.66. The Hall–Kier alpha value is -3.91. The Bertz CT molecular complexity index is 1320. The van der Waals surface area contributed by atoms with Gasteiger partial charge in [-0.1, -0.05) is 48.2 Å². The van der Waals surface area contributed by atoms with Crippen molar-refractivity contribution in [1.29, 1.82) is 0 Å². The third-order valence-corrected chi connectivity index (χ3v) is 5.20. The Morgan fingerprint density at radius 1 is 0.933 bits per heavy atom. The zero-order valence-electron chi connectivity index (χ0n) is 15.4. The summed E-state index contributed by atoms with van der Waals surface area (Å²) in [7, 11) is 0. The fourth-order valence-electron chi connectivity index (χ4n) is 2.86. The lowest BCUT2D eigenvalue weighted by Gasteiger charge is -2.08. The molecule has 0 saturated heterocycles. The standard InChI is InChI=1S/C22H14N2O5S/c25-21(19-10-14-6-4-5-9-20(14)29-22(19)26)23-15-11-16(24(27)28)13-18(12-15)30-17-7-2-1-3-8-17/h1-13H,(H,23,25). The van der Waals surface area contributed by atoms with Gasteiger partial charge in [0.05, 0.1) is 4.92 Å². The molecular weight excluding hydrogens is 404 g/mol. The van der Waals surface area contributed by atoms with Crippen LogP contribution in [-0.4, -0.2) is 10.8 Å². The highest BCUT2D eigenvalue weighted by Crippen LogP contribution is 2.33. The minimum atomic E-state index is -0.782. The number of hydrogen-bond donors (Lipinski definition) is 1. The predicted octanol–water partition coefficient (Wildman–Crippen LogP) is 5.10. The van der Waals surface area contributed by atoms with E-state index in [1.54, 1.807) is 30.3 Å². The molecule has 0 aliphatic carbocycles. The molecule has 3 aromatic carbocycles. The van der Waals surface area contributed by atoms with Gasteiger partial charge in [-0.25, -0.2) is 4.79 Å². The number of amides is 1. The molecule has 1 aromatic heterocycles. The van der Waals surface area contributed by atoms with Gasteiger partial charge < -0.3 is 9.73 Å². The first kappa shape index (κ1) is 19.4. The number of nitro groups is 1. The van der Waals surface area contributed by atoms with Crippen LogP contribution in [0.5, 0.6) is 0 Å². The van der Waals surface area contributed by atoms with Crippen LogP contribution in [0.3, 0.4) is 0 Å². The zero-order chi connectivity index (χ0) is 21.1. The van der Waals surface area contributed by atoms with Gasteiger partial charge in [-0.3, -0.25) is 14.9 Å². The fourth-order valence-corrected chi connectivity index (χ4v) is 3.79. The van der Waals surface area contributed by atoms with E-state index in [0.717, 1.165) is 4.90 Å². The summed E-state index contributed by atoms with van der Waals surface area (Å²) in [5.74, 6) is -0.703. The molecule has 7 nitrogen and oxygen atoms in total. The highest BCUT2D eigenvalue weighted by Gasteiger charge is 2.17. The number of nitrogens with zero attached hydrogens (tertiary/aromatic N) is 1.